The first kappa shape index (κ1) is 13.5. The molecule has 0 saturated heterocycles. The normalized spacial score (nSPS) is 17.1. The van der Waals surface area contributed by atoms with Crippen molar-refractivity contribution in [2.45, 2.75) is 30.6 Å². The van der Waals surface area contributed by atoms with E-state index < -0.39 is 5.82 Å². The lowest BCUT2D eigenvalue weighted by Crippen LogP contribution is -2.38. The van der Waals surface area contributed by atoms with Crippen LogP contribution in [0.3, 0.4) is 0 Å². The second kappa shape index (κ2) is 4.84. The number of hydrogen-bond acceptors (Lipinski definition) is 4. The largest absolute Gasteiger partial charge is 0.494 e. The quantitative estimate of drug-likeness (QED) is 0.942. The fourth-order valence-electron chi connectivity index (χ4n) is 2.75. The van der Waals surface area contributed by atoms with Gasteiger partial charge in [-0.2, -0.15) is 11.8 Å². The zero-order chi connectivity index (χ0) is 14.3. The van der Waals surface area contributed by atoms with Crippen molar-refractivity contribution in [3.8, 4) is 5.75 Å². The minimum atomic E-state index is -0.409. The van der Waals surface area contributed by atoms with Crippen LogP contribution in [0.15, 0.2) is 12.1 Å². The molecule has 1 aliphatic rings. The van der Waals surface area contributed by atoms with Gasteiger partial charge in [0.05, 0.1) is 18.1 Å². The van der Waals surface area contributed by atoms with Crippen molar-refractivity contribution in [1.82, 2.24) is 9.55 Å². The van der Waals surface area contributed by atoms with Gasteiger partial charge in [0, 0.05) is 23.4 Å². The van der Waals surface area contributed by atoms with Crippen molar-refractivity contribution >= 4 is 28.7 Å². The highest BCUT2D eigenvalue weighted by molar-refractivity contribution is 8.00. The van der Waals surface area contributed by atoms with Gasteiger partial charge in [0.25, 0.3) is 0 Å². The summed E-state index contributed by atoms with van der Waals surface area (Å²) < 4.78 is 21.0. The standard InChI is InChI=1S/C14H18FN3OS/c1-19-12-7-11-10(6-9(12)15)17-13(16)18(11)8-14(20-2)4-3-5-14/h6-7H,3-5,8H2,1-2H3,(H2,16,17). The summed E-state index contributed by atoms with van der Waals surface area (Å²) in [6, 6.07) is 3.06. The summed E-state index contributed by atoms with van der Waals surface area (Å²) in [4.78, 5) is 4.26. The van der Waals surface area contributed by atoms with Crippen molar-refractivity contribution in [3.63, 3.8) is 0 Å². The van der Waals surface area contributed by atoms with Crippen LogP contribution in [0.1, 0.15) is 19.3 Å². The van der Waals surface area contributed by atoms with E-state index in [-0.39, 0.29) is 10.5 Å². The maximum atomic E-state index is 13.7. The maximum Gasteiger partial charge on any atom is 0.201 e. The van der Waals surface area contributed by atoms with E-state index in [0.717, 1.165) is 12.1 Å². The Hall–Kier alpha value is -1.43. The molecule has 0 atom stereocenters. The fraction of sp³-hybridized carbons (Fsp3) is 0.500. The van der Waals surface area contributed by atoms with Gasteiger partial charge in [0.15, 0.2) is 11.6 Å². The number of rotatable bonds is 4. The van der Waals surface area contributed by atoms with Gasteiger partial charge in [-0.1, -0.05) is 6.42 Å². The first-order valence-corrected chi connectivity index (χ1v) is 7.85. The smallest absolute Gasteiger partial charge is 0.201 e. The Labute approximate surface area is 121 Å². The Morgan fingerprint density at radius 2 is 2.25 bits per heavy atom. The van der Waals surface area contributed by atoms with Gasteiger partial charge >= 0.3 is 0 Å². The molecule has 1 saturated carbocycles. The molecule has 108 valence electrons. The predicted octanol–water partition coefficient (Wildman–Crippen LogP) is 3.05. The van der Waals surface area contributed by atoms with Crippen LogP contribution in [-0.2, 0) is 6.54 Å². The minimum Gasteiger partial charge on any atom is -0.494 e. The molecule has 0 aliphatic heterocycles. The molecule has 1 heterocycles. The Balaban J connectivity index is 2.07. The second-order valence-electron chi connectivity index (χ2n) is 5.27. The molecule has 2 aromatic rings. The topological polar surface area (TPSA) is 53.1 Å². The van der Waals surface area contributed by atoms with Crippen LogP contribution in [0.4, 0.5) is 10.3 Å². The molecule has 20 heavy (non-hydrogen) atoms. The van der Waals surface area contributed by atoms with E-state index in [1.165, 1.54) is 32.4 Å². The van der Waals surface area contributed by atoms with E-state index in [9.17, 15) is 4.39 Å². The highest BCUT2D eigenvalue weighted by Gasteiger charge is 2.37. The number of hydrogen-bond donors (Lipinski definition) is 1. The number of fused-ring (bicyclic) bond motifs is 1. The molecule has 2 N–H and O–H groups in total. The third-order valence-electron chi connectivity index (χ3n) is 4.20. The van der Waals surface area contributed by atoms with Crippen molar-refractivity contribution in [2.24, 2.45) is 0 Å². The van der Waals surface area contributed by atoms with Crippen molar-refractivity contribution in [2.75, 3.05) is 19.1 Å². The number of benzene rings is 1. The van der Waals surface area contributed by atoms with Crippen molar-refractivity contribution in [3.05, 3.63) is 17.9 Å². The lowest BCUT2D eigenvalue weighted by atomic mass is 9.84. The SMILES string of the molecule is COc1cc2c(cc1F)nc(N)n2CC1(SC)CCC1. The molecule has 1 aromatic carbocycles. The molecule has 6 heteroatoms. The average molecular weight is 295 g/mol. The molecule has 4 nitrogen and oxygen atoms in total. The molecular weight excluding hydrogens is 277 g/mol. The number of methoxy groups -OCH3 is 1. The van der Waals surface area contributed by atoms with E-state index >= 15 is 0 Å². The van der Waals surface area contributed by atoms with Crippen molar-refractivity contribution < 1.29 is 9.13 Å². The molecule has 0 unspecified atom stereocenters. The number of nitrogens with two attached hydrogens (primary N) is 1. The zero-order valence-electron chi connectivity index (χ0n) is 11.6. The predicted molar refractivity (Wildman–Crippen MR) is 80.8 cm³/mol. The minimum absolute atomic E-state index is 0.227. The number of nitrogen functional groups attached to an aromatic ring is 1. The van der Waals surface area contributed by atoms with Gasteiger partial charge in [-0.3, -0.25) is 0 Å². The molecule has 1 aromatic heterocycles. The van der Waals surface area contributed by atoms with Crippen LogP contribution in [-0.4, -0.2) is 27.7 Å². The molecule has 1 fully saturated rings. The van der Waals surface area contributed by atoms with Gasteiger partial charge in [0.2, 0.25) is 5.95 Å². The second-order valence-corrected chi connectivity index (χ2v) is 6.55. The lowest BCUT2D eigenvalue weighted by molar-refractivity contribution is 0.326. The summed E-state index contributed by atoms with van der Waals surface area (Å²) in [6.07, 6.45) is 5.76. The fourth-order valence-corrected chi connectivity index (χ4v) is 3.71. The lowest BCUT2D eigenvalue weighted by Gasteiger charge is -2.40. The highest BCUT2D eigenvalue weighted by atomic mass is 32.2. The summed E-state index contributed by atoms with van der Waals surface area (Å²) in [5.41, 5.74) is 7.43. The van der Waals surface area contributed by atoms with Gasteiger partial charge in [-0.05, 0) is 19.1 Å². The average Bonchev–Trinajstić information content (AvgIpc) is 2.67. The third kappa shape index (κ3) is 2.02. The van der Waals surface area contributed by atoms with Crippen LogP contribution in [0.25, 0.3) is 11.0 Å². The summed E-state index contributed by atoms with van der Waals surface area (Å²) in [5.74, 6) is 0.256. The molecule has 0 spiro atoms. The number of thioether (sulfide) groups is 1. The molecule has 0 amide bonds. The van der Waals surface area contributed by atoms with Gasteiger partial charge in [-0.15, -0.1) is 0 Å². The van der Waals surface area contributed by atoms with Crippen LogP contribution >= 0.6 is 11.8 Å². The number of anilines is 1. The Morgan fingerprint density at radius 3 is 2.80 bits per heavy atom. The number of halogens is 1. The Morgan fingerprint density at radius 1 is 1.50 bits per heavy atom. The van der Waals surface area contributed by atoms with E-state index in [1.54, 1.807) is 6.07 Å². The van der Waals surface area contributed by atoms with Crippen molar-refractivity contribution in [1.29, 1.82) is 0 Å². The molecule has 0 radical (unpaired) electrons. The van der Waals surface area contributed by atoms with E-state index in [1.807, 2.05) is 16.3 Å². The van der Waals surface area contributed by atoms with E-state index in [4.69, 9.17) is 10.5 Å². The molecular formula is C14H18FN3OS. The van der Waals surface area contributed by atoms with Crippen LogP contribution in [0.2, 0.25) is 0 Å². The Bertz CT molecular complexity index is 646. The monoisotopic (exact) mass is 295 g/mol. The Kier molecular flexibility index (Phi) is 3.28. The molecule has 3 rings (SSSR count). The van der Waals surface area contributed by atoms with Crippen LogP contribution < -0.4 is 10.5 Å². The molecule has 1 aliphatic carbocycles. The molecule has 0 bridgehead atoms. The summed E-state index contributed by atoms with van der Waals surface area (Å²) >= 11 is 1.88. The first-order valence-electron chi connectivity index (χ1n) is 6.63. The number of nitrogens with zero attached hydrogens (tertiary/aromatic N) is 2. The van der Waals surface area contributed by atoms with Gasteiger partial charge < -0.3 is 15.0 Å². The van der Waals surface area contributed by atoms with Gasteiger partial charge in [0.1, 0.15) is 0 Å². The highest BCUT2D eigenvalue weighted by Crippen LogP contribution is 2.45. The maximum absolute atomic E-state index is 13.7. The summed E-state index contributed by atoms with van der Waals surface area (Å²) in [7, 11) is 1.46. The van der Waals surface area contributed by atoms with E-state index in [0.29, 0.717) is 11.5 Å². The first-order chi connectivity index (χ1) is 9.58. The van der Waals surface area contributed by atoms with E-state index in [2.05, 4.69) is 11.2 Å². The number of ether oxygens (including phenoxy) is 1. The summed E-state index contributed by atoms with van der Waals surface area (Å²) in [6.45, 7) is 0.811. The van der Waals surface area contributed by atoms with Crippen LogP contribution in [0, 0.1) is 5.82 Å². The third-order valence-corrected chi connectivity index (χ3v) is 5.60. The number of imidazole rings is 1. The zero-order valence-corrected chi connectivity index (χ0v) is 12.5. The summed E-state index contributed by atoms with van der Waals surface area (Å²) in [5, 5.41) is 0. The van der Waals surface area contributed by atoms with Gasteiger partial charge in [-0.25, -0.2) is 9.37 Å². The number of aromatic nitrogens is 2. The van der Waals surface area contributed by atoms with Crippen LogP contribution in [0.5, 0.6) is 5.75 Å².